The molecule has 0 saturated carbocycles. The first kappa shape index (κ1) is 14.9. The van der Waals surface area contributed by atoms with Gasteiger partial charge in [-0.15, -0.1) is 0 Å². The zero-order chi connectivity index (χ0) is 14.5. The van der Waals surface area contributed by atoms with Crippen molar-refractivity contribution >= 4 is 38.9 Å². The van der Waals surface area contributed by atoms with Gasteiger partial charge in [0.15, 0.2) is 5.11 Å². The monoisotopic (exact) mass is 352 g/mol. The highest BCUT2D eigenvalue weighted by molar-refractivity contribution is 9.10. The summed E-state index contributed by atoms with van der Waals surface area (Å²) in [4.78, 5) is 0. The maximum atomic E-state index is 12.9. The van der Waals surface area contributed by atoms with Gasteiger partial charge in [0.05, 0.1) is 6.04 Å². The van der Waals surface area contributed by atoms with Gasteiger partial charge in [-0.05, 0) is 61.1 Å². The lowest BCUT2D eigenvalue weighted by Gasteiger charge is -2.17. The zero-order valence-electron chi connectivity index (χ0n) is 10.9. The molecule has 0 radical (unpaired) electrons. The van der Waals surface area contributed by atoms with Crippen LogP contribution in [0.15, 0.2) is 53.0 Å². The summed E-state index contributed by atoms with van der Waals surface area (Å²) in [6, 6.07) is 14.1. The van der Waals surface area contributed by atoms with E-state index < -0.39 is 0 Å². The molecule has 0 bridgehead atoms. The minimum absolute atomic E-state index is 0.00560. The van der Waals surface area contributed by atoms with Crippen LogP contribution < -0.4 is 10.6 Å². The average Bonchev–Trinajstić information content (AvgIpc) is 2.42. The van der Waals surface area contributed by atoms with E-state index in [0.29, 0.717) is 5.11 Å². The molecule has 0 spiro atoms. The molecule has 0 aliphatic heterocycles. The molecule has 5 heteroatoms. The minimum atomic E-state index is -0.239. The van der Waals surface area contributed by atoms with Crippen LogP contribution in [0.4, 0.5) is 10.1 Å². The Balaban J connectivity index is 1.93. The summed E-state index contributed by atoms with van der Waals surface area (Å²) in [6.45, 7) is 1.97. The lowest BCUT2D eigenvalue weighted by molar-refractivity contribution is 0.624. The van der Waals surface area contributed by atoms with Crippen molar-refractivity contribution < 1.29 is 4.39 Å². The van der Waals surface area contributed by atoms with Crippen LogP contribution in [0.25, 0.3) is 0 Å². The van der Waals surface area contributed by atoms with Crippen LogP contribution in [0.3, 0.4) is 0 Å². The summed E-state index contributed by atoms with van der Waals surface area (Å²) < 4.78 is 13.9. The van der Waals surface area contributed by atoms with Crippen LogP contribution >= 0.6 is 28.1 Å². The summed E-state index contributed by atoms with van der Waals surface area (Å²) in [5.41, 5.74) is 1.89. The predicted molar refractivity (Wildman–Crippen MR) is 88.3 cm³/mol. The standard InChI is InChI=1S/C15H14BrFN2S/c1-10(11-2-6-13(17)7-3-11)18-15(20)19-14-8-4-12(16)5-9-14/h2-10H,1H3,(H2,18,19,20)/t10-/m1/s1. The molecule has 0 unspecified atom stereocenters. The van der Waals surface area contributed by atoms with Crippen molar-refractivity contribution in [1.82, 2.24) is 5.32 Å². The SMILES string of the molecule is C[C@@H](NC(=S)Nc1ccc(Br)cc1)c1ccc(F)cc1. The van der Waals surface area contributed by atoms with Crippen molar-refractivity contribution in [2.75, 3.05) is 5.32 Å². The normalized spacial score (nSPS) is 11.8. The molecule has 0 aromatic heterocycles. The second-order valence-electron chi connectivity index (χ2n) is 4.38. The Labute approximate surface area is 131 Å². The first-order chi connectivity index (χ1) is 9.54. The third-order valence-corrected chi connectivity index (χ3v) is 3.57. The van der Waals surface area contributed by atoms with Crippen LogP contribution in [0.5, 0.6) is 0 Å². The molecule has 2 aromatic carbocycles. The molecule has 2 aromatic rings. The summed E-state index contributed by atoms with van der Waals surface area (Å²) in [7, 11) is 0. The topological polar surface area (TPSA) is 24.1 Å². The number of thiocarbonyl (C=S) groups is 1. The fourth-order valence-electron chi connectivity index (χ4n) is 1.73. The van der Waals surface area contributed by atoms with E-state index >= 15 is 0 Å². The number of halogens is 2. The van der Waals surface area contributed by atoms with Gasteiger partial charge in [0.1, 0.15) is 5.82 Å². The van der Waals surface area contributed by atoms with E-state index in [4.69, 9.17) is 12.2 Å². The fourth-order valence-corrected chi connectivity index (χ4v) is 2.29. The molecule has 0 saturated heterocycles. The summed E-state index contributed by atoms with van der Waals surface area (Å²) in [5.74, 6) is -0.239. The van der Waals surface area contributed by atoms with E-state index in [0.717, 1.165) is 15.7 Å². The zero-order valence-corrected chi connectivity index (χ0v) is 13.3. The smallest absolute Gasteiger partial charge is 0.171 e. The number of hydrogen-bond acceptors (Lipinski definition) is 1. The highest BCUT2D eigenvalue weighted by atomic mass is 79.9. The Kier molecular flexibility index (Phi) is 5.09. The van der Waals surface area contributed by atoms with Crippen LogP contribution in [-0.4, -0.2) is 5.11 Å². The van der Waals surface area contributed by atoms with Crippen molar-refractivity contribution in [1.29, 1.82) is 0 Å². The average molecular weight is 353 g/mol. The fraction of sp³-hybridized carbons (Fsp3) is 0.133. The van der Waals surface area contributed by atoms with Gasteiger partial charge < -0.3 is 10.6 Å². The van der Waals surface area contributed by atoms with E-state index in [-0.39, 0.29) is 11.9 Å². The molecule has 2 rings (SSSR count). The second kappa shape index (κ2) is 6.81. The lowest BCUT2D eigenvalue weighted by atomic mass is 10.1. The third kappa shape index (κ3) is 4.28. The largest absolute Gasteiger partial charge is 0.356 e. The van der Waals surface area contributed by atoms with E-state index in [1.165, 1.54) is 12.1 Å². The molecule has 0 aliphatic rings. The van der Waals surface area contributed by atoms with Gasteiger partial charge in [-0.25, -0.2) is 4.39 Å². The second-order valence-corrected chi connectivity index (χ2v) is 5.70. The molecular formula is C15H14BrFN2S. The maximum Gasteiger partial charge on any atom is 0.171 e. The molecule has 104 valence electrons. The number of benzene rings is 2. The van der Waals surface area contributed by atoms with Gasteiger partial charge in [0, 0.05) is 10.2 Å². The van der Waals surface area contributed by atoms with Crippen LogP contribution in [0, 0.1) is 5.82 Å². The number of anilines is 1. The molecule has 20 heavy (non-hydrogen) atoms. The molecule has 2 N–H and O–H groups in total. The van der Waals surface area contributed by atoms with Gasteiger partial charge in [-0.1, -0.05) is 28.1 Å². The molecule has 0 fully saturated rings. The first-order valence-electron chi connectivity index (χ1n) is 6.13. The van der Waals surface area contributed by atoms with E-state index in [9.17, 15) is 4.39 Å². The van der Waals surface area contributed by atoms with Gasteiger partial charge >= 0.3 is 0 Å². The van der Waals surface area contributed by atoms with Gasteiger partial charge in [0.25, 0.3) is 0 Å². The maximum absolute atomic E-state index is 12.9. The molecule has 0 heterocycles. The van der Waals surface area contributed by atoms with Crippen LogP contribution in [0.2, 0.25) is 0 Å². The number of rotatable bonds is 3. The molecule has 0 amide bonds. The van der Waals surface area contributed by atoms with Gasteiger partial charge in [-0.3, -0.25) is 0 Å². The lowest BCUT2D eigenvalue weighted by Crippen LogP contribution is -2.30. The van der Waals surface area contributed by atoms with E-state index in [1.807, 2.05) is 31.2 Å². The Morgan fingerprint density at radius 1 is 1.10 bits per heavy atom. The van der Waals surface area contributed by atoms with Crippen molar-refractivity contribution in [3.63, 3.8) is 0 Å². The van der Waals surface area contributed by atoms with Crippen molar-refractivity contribution in [2.45, 2.75) is 13.0 Å². The highest BCUT2D eigenvalue weighted by Crippen LogP contribution is 2.15. The first-order valence-corrected chi connectivity index (χ1v) is 7.33. The van der Waals surface area contributed by atoms with E-state index in [1.54, 1.807) is 12.1 Å². The minimum Gasteiger partial charge on any atom is -0.356 e. The van der Waals surface area contributed by atoms with Gasteiger partial charge in [0.2, 0.25) is 0 Å². The molecule has 2 nitrogen and oxygen atoms in total. The number of hydrogen-bond donors (Lipinski definition) is 2. The van der Waals surface area contributed by atoms with Crippen molar-refractivity contribution in [3.8, 4) is 0 Å². The quantitative estimate of drug-likeness (QED) is 0.787. The Morgan fingerprint density at radius 3 is 2.30 bits per heavy atom. The molecular weight excluding hydrogens is 339 g/mol. The highest BCUT2D eigenvalue weighted by Gasteiger charge is 2.07. The molecule has 0 aliphatic carbocycles. The van der Waals surface area contributed by atoms with Crippen LogP contribution in [0.1, 0.15) is 18.5 Å². The van der Waals surface area contributed by atoms with Crippen molar-refractivity contribution in [3.05, 3.63) is 64.4 Å². The van der Waals surface area contributed by atoms with Crippen LogP contribution in [-0.2, 0) is 0 Å². The van der Waals surface area contributed by atoms with Crippen molar-refractivity contribution in [2.24, 2.45) is 0 Å². The van der Waals surface area contributed by atoms with Gasteiger partial charge in [-0.2, -0.15) is 0 Å². The summed E-state index contributed by atoms with van der Waals surface area (Å²) in [6.07, 6.45) is 0. The summed E-state index contributed by atoms with van der Waals surface area (Å²) in [5, 5.41) is 6.80. The number of nitrogens with one attached hydrogen (secondary N) is 2. The Hall–Kier alpha value is -1.46. The molecule has 1 atom stereocenters. The summed E-state index contributed by atoms with van der Waals surface area (Å²) >= 11 is 8.64. The van der Waals surface area contributed by atoms with E-state index in [2.05, 4.69) is 26.6 Å². The Morgan fingerprint density at radius 2 is 1.70 bits per heavy atom. The Bertz CT molecular complexity index is 584. The predicted octanol–water partition coefficient (Wildman–Crippen LogP) is 4.64. The third-order valence-electron chi connectivity index (χ3n) is 2.82.